The molecular weight excluding hydrogens is 341 g/mol. The van der Waals surface area contributed by atoms with Gasteiger partial charge in [-0.1, -0.05) is 81.8 Å². The average Bonchev–Trinajstić information content (AvgIpc) is 2.00. The molecule has 0 aliphatic rings. The number of hydrogen-bond donors (Lipinski definition) is 0. The standard InChI is InChI=1S/C8H2Cl6S/c9-5-2-6(10)4(8(12,13)14)1-3(5)7(11)15/h1-2H. The van der Waals surface area contributed by atoms with E-state index in [4.69, 9.17) is 81.8 Å². The molecule has 0 atom stereocenters. The number of halogens is 6. The summed E-state index contributed by atoms with van der Waals surface area (Å²) in [6.07, 6.45) is 0. The summed E-state index contributed by atoms with van der Waals surface area (Å²) in [5, 5.41) is 0.565. The quantitative estimate of drug-likeness (QED) is 0.356. The van der Waals surface area contributed by atoms with Gasteiger partial charge in [-0.05, 0) is 12.1 Å². The van der Waals surface area contributed by atoms with E-state index in [1.807, 2.05) is 0 Å². The summed E-state index contributed by atoms with van der Waals surface area (Å²) >= 11 is 39.3. The lowest BCUT2D eigenvalue weighted by Gasteiger charge is -2.15. The van der Waals surface area contributed by atoms with Gasteiger partial charge in [0.05, 0.1) is 5.02 Å². The SMILES string of the molecule is S=C(Cl)c1cc(C(Cl)(Cl)Cl)c(Cl)cc1Cl. The van der Waals surface area contributed by atoms with E-state index in [9.17, 15) is 0 Å². The molecule has 0 aromatic heterocycles. The molecule has 0 amide bonds. The summed E-state index contributed by atoms with van der Waals surface area (Å²) in [6, 6.07) is 2.90. The zero-order valence-corrected chi connectivity index (χ0v) is 12.2. The molecule has 0 saturated carbocycles. The molecule has 0 heterocycles. The third-order valence-corrected chi connectivity index (χ3v) is 3.23. The molecule has 0 spiro atoms. The van der Waals surface area contributed by atoms with Gasteiger partial charge in [0.2, 0.25) is 3.79 Å². The molecular formula is C8H2Cl6S. The van der Waals surface area contributed by atoms with Crippen molar-refractivity contribution in [3.8, 4) is 0 Å². The molecule has 0 N–H and O–H groups in total. The van der Waals surface area contributed by atoms with Gasteiger partial charge in [-0.15, -0.1) is 0 Å². The number of hydrogen-bond acceptors (Lipinski definition) is 1. The van der Waals surface area contributed by atoms with Crippen molar-refractivity contribution in [1.82, 2.24) is 0 Å². The maximum absolute atomic E-state index is 5.87. The minimum absolute atomic E-state index is 0.0900. The fraction of sp³-hybridized carbons (Fsp3) is 0.125. The largest absolute Gasteiger partial charge is 0.217 e. The predicted octanol–water partition coefficient (Wildman–Crippen LogP) is 5.73. The van der Waals surface area contributed by atoms with E-state index >= 15 is 0 Å². The van der Waals surface area contributed by atoms with Gasteiger partial charge in [0, 0.05) is 16.1 Å². The minimum atomic E-state index is -1.64. The van der Waals surface area contributed by atoms with Crippen LogP contribution < -0.4 is 0 Å². The normalized spacial score (nSPS) is 11.6. The van der Waals surface area contributed by atoms with Gasteiger partial charge in [0.15, 0.2) is 0 Å². The Morgan fingerprint density at radius 2 is 1.60 bits per heavy atom. The van der Waals surface area contributed by atoms with Crippen molar-refractivity contribution in [3.63, 3.8) is 0 Å². The van der Waals surface area contributed by atoms with Crippen molar-refractivity contribution in [2.24, 2.45) is 0 Å². The Balaban J connectivity index is 3.43. The summed E-state index contributed by atoms with van der Waals surface area (Å²) in [5.74, 6) is 0. The summed E-state index contributed by atoms with van der Waals surface area (Å²) in [6.45, 7) is 0. The average molecular weight is 343 g/mol. The van der Waals surface area contributed by atoms with Crippen LogP contribution in [0.2, 0.25) is 10.0 Å². The van der Waals surface area contributed by atoms with Crippen molar-refractivity contribution in [2.75, 3.05) is 0 Å². The van der Waals surface area contributed by atoms with Crippen LogP contribution in [-0.4, -0.2) is 4.32 Å². The third kappa shape index (κ3) is 3.50. The Morgan fingerprint density at radius 3 is 2.00 bits per heavy atom. The Morgan fingerprint density at radius 1 is 1.07 bits per heavy atom. The van der Waals surface area contributed by atoms with Gasteiger partial charge in [-0.25, -0.2) is 0 Å². The second kappa shape index (κ2) is 5.14. The van der Waals surface area contributed by atoms with E-state index in [0.717, 1.165) is 0 Å². The molecule has 0 unspecified atom stereocenters. The van der Waals surface area contributed by atoms with E-state index < -0.39 is 3.79 Å². The highest BCUT2D eigenvalue weighted by molar-refractivity contribution is 7.83. The highest BCUT2D eigenvalue weighted by Gasteiger charge is 2.27. The summed E-state index contributed by atoms with van der Waals surface area (Å²) < 4.78 is -1.55. The van der Waals surface area contributed by atoms with Crippen LogP contribution >= 0.6 is 81.8 Å². The van der Waals surface area contributed by atoms with Crippen molar-refractivity contribution >= 4 is 86.1 Å². The van der Waals surface area contributed by atoms with E-state index in [1.54, 1.807) is 0 Å². The van der Waals surface area contributed by atoms with Gasteiger partial charge < -0.3 is 0 Å². The number of alkyl halides is 3. The molecule has 0 saturated heterocycles. The molecule has 0 aliphatic carbocycles. The van der Waals surface area contributed by atoms with Crippen molar-refractivity contribution in [3.05, 3.63) is 33.3 Å². The third-order valence-electron chi connectivity index (χ3n) is 1.57. The van der Waals surface area contributed by atoms with E-state index in [1.165, 1.54) is 12.1 Å². The molecule has 0 bridgehead atoms. The van der Waals surface area contributed by atoms with E-state index in [-0.39, 0.29) is 14.9 Å². The fourth-order valence-corrected chi connectivity index (χ4v) is 2.58. The van der Waals surface area contributed by atoms with Crippen LogP contribution in [0.5, 0.6) is 0 Å². The van der Waals surface area contributed by atoms with Gasteiger partial charge in [-0.2, -0.15) is 0 Å². The van der Waals surface area contributed by atoms with Crippen molar-refractivity contribution in [2.45, 2.75) is 3.79 Å². The molecule has 15 heavy (non-hydrogen) atoms. The van der Waals surface area contributed by atoms with Crippen molar-refractivity contribution in [1.29, 1.82) is 0 Å². The summed E-state index contributed by atoms with van der Waals surface area (Å²) in [7, 11) is 0. The molecule has 0 fully saturated rings. The van der Waals surface area contributed by atoms with Crippen LogP contribution in [0.4, 0.5) is 0 Å². The Hall–Kier alpha value is 1.05. The minimum Gasteiger partial charge on any atom is -0.0838 e. The number of benzene rings is 1. The maximum atomic E-state index is 5.87. The number of rotatable bonds is 1. The zero-order valence-electron chi connectivity index (χ0n) is 6.83. The monoisotopic (exact) mass is 340 g/mol. The Bertz CT molecular complexity index is 408. The molecule has 82 valence electrons. The first-order valence-electron chi connectivity index (χ1n) is 3.49. The lowest BCUT2D eigenvalue weighted by molar-refractivity contribution is 1.24. The summed E-state index contributed by atoms with van der Waals surface area (Å²) in [4.78, 5) is 0. The molecule has 1 rings (SSSR count). The zero-order chi connectivity index (χ0) is 11.8. The van der Waals surface area contributed by atoms with Gasteiger partial charge in [0.25, 0.3) is 0 Å². The van der Waals surface area contributed by atoms with E-state index in [0.29, 0.717) is 10.6 Å². The second-order valence-corrected chi connectivity index (χ2v) is 6.69. The lowest BCUT2D eigenvalue weighted by atomic mass is 10.1. The Labute approximate surface area is 122 Å². The lowest BCUT2D eigenvalue weighted by Crippen LogP contribution is -2.03. The van der Waals surface area contributed by atoms with Crippen LogP contribution in [-0.2, 0) is 3.79 Å². The molecule has 0 aliphatic heterocycles. The highest BCUT2D eigenvalue weighted by Crippen LogP contribution is 2.43. The molecule has 0 nitrogen and oxygen atoms in total. The summed E-state index contributed by atoms with van der Waals surface area (Å²) in [5.41, 5.74) is 0.704. The van der Waals surface area contributed by atoms with Gasteiger partial charge in [0.1, 0.15) is 4.32 Å². The van der Waals surface area contributed by atoms with Gasteiger partial charge in [-0.3, -0.25) is 0 Å². The van der Waals surface area contributed by atoms with Crippen LogP contribution in [0.1, 0.15) is 11.1 Å². The first kappa shape index (κ1) is 14.1. The Kier molecular flexibility index (Phi) is 4.83. The molecule has 0 radical (unpaired) electrons. The van der Waals surface area contributed by atoms with E-state index in [2.05, 4.69) is 0 Å². The van der Waals surface area contributed by atoms with Crippen LogP contribution in [0.15, 0.2) is 12.1 Å². The smallest absolute Gasteiger partial charge is 0.0838 e. The maximum Gasteiger partial charge on any atom is 0.217 e. The topological polar surface area (TPSA) is 0 Å². The predicted molar refractivity (Wildman–Crippen MR) is 73.3 cm³/mol. The second-order valence-electron chi connectivity index (χ2n) is 2.58. The molecule has 1 aromatic rings. The first-order valence-corrected chi connectivity index (χ1v) is 6.17. The van der Waals surface area contributed by atoms with Crippen LogP contribution in [0.25, 0.3) is 0 Å². The van der Waals surface area contributed by atoms with Crippen LogP contribution in [0.3, 0.4) is 0 Å². The molecule has 1 aromatic carbocycles. The highest BCUT2D eigenvalue weighted by atomic mass is 35.6. The van der Waals surface area contributed by atoms with Gasteiger partial charge >= 0.3 is 0 Å². The van der Waals surface area contributed by atoms with Crippen molar-refractivity contribution < 1.29 is 0 Å². The number of thiocarbonyl (C=S) groups is 1. The fourth-order valence-electron chi connectivity index (χ4n) is 0.917. The van der Waals surface area contributed by atoms with Crippen LogP contribution in [0, 0.1) is 0 Å². The molecule has 7 heteroatoms. The first-order chi connectivity index (χ1) is 6.73.